The largest absolute Gasteiger partial charge is 0.465 e. The second kappa shape index (κ2) is 11.1. The van der Waals surface area contributed by atoms with Gasteiger partial charge in [-0.3, -0.25) is 0 Å². The average molecular weight is 473 g/mol. The maximum atomic E-state index is 11.7. The summed E-state index contributed by atoms with van der Waals surface area (Å²) in [7, 11) is 1.38. The predicted molar refractivity (Wildman–Crippen MR) is 135 cm³/mol. The molecule has 0 aliphatic rings. The van der Waals surface area contributed by atoms with E-state index in [1.165, 1.54) is 23.8 Å². The van der Waals surface area contributed by atoms with Crippen molar-refractivity contribution in [2.75, 3.05) is 7.11 Å². The maximum Gasteiger partial charge on any atom is 0.337 e. The highest BCUT2D eigenvalue weighted by atomic mass is 32.2. The van der Waals surface area contributed by atoms with Crippen LogP contribution in [0.2, 0.25) is 0 Å². The van der Waals surface area contributed by atoms with Crippen molar-refractivity contribution in [2.45, 2.75) is 36.8 Å². The number of rotatable bonds is 9. The van der Waals surface area contributed by atoms with Crippen LogP contribution in [0, 0.1) is 6.92 Å². The van der Waals surface area contributed by atoms with Gasteiger partial charge in [0.15, 0.2) is 11.0 Å². The van der Waals surface area contributed by atoms with Crippen LogP contribution in [-0.4, -0.2) is 27.8 Å². The maximum absolute atomic E-state index is 11.7. The van der Waals surface area contributed by atoms with Crippen molar-refractivity contribution >= 4 is 17.7 Å². The minimum absolute atomic E-state index is 0.269. The van der Waals surface area contributed by atoms with E-state index in [2.05, 4.69) is 58.1 Å². The number of carbonyl (C=O) groups is 1. The molecule has 0 bridgehead atoms. The molecule has 0 unspecified atom stereocenters. The molecule has 0 aliphatic heterocycles. The van der Waals surface area contributed by atoms with E-state index in [1.807, 2.05) is 30.3 Å². The minimum Gasteiger partial charge on any atom is -0.465 e. The van der Waals surface area contributed by atoms with Crippen molar-refractivity contribution in [1.29, 1.82) is 0 Å². The fourth-order valence-corrected chi connectivity index (χ4v) is 4.57. The Balaban J connectivity index is 1.55. The van der Waals surface area contributed by atoms with Gasteiger partial charge < -0.3 is 15.0 Å². The molecule has 0 fully saturated rings. The Bertz CT molecular complexity index is 1220. The molecule has 6 nitrogen and oxygen atoms in total. The minimum atomic E-state index is -0.339. The van der Waals surface area contributed by atoms with E-state index in [-0.39, 0.29) is 12.0 Å². The number of methoxy groups -OCH3 is 1. The number of hydrogen-bond acceptors (Lipinski definition) is 6. The first-order valence-electron chi connectivity index (χ1n) is 11.1. The van der Waals surface area contributed by atoms with Crippen LogP contribution in [0.3, 0.4) is 0 Å². The lowest BCUT2D eigenvalue weighted by atomic mass is 10.1. The molecule has 0 spiro atoms. The fraction of sp³-hybridized carbons (Fsp3) is 0.222. The van der Waals surface area contributed by atoms with Crippen LogP contribution in [0.5, 0.6) is 0 Å². The quantitative estimate of drug-likeness (QED) is 0.274. The fourth-order valence-electron chi connectivity index (χ4n) is 3.67. The Morgan fingerprint density at radius 3 is 2.29 bits per heavy atom. The third-order valence-corrected chi connectivity index (χ3v) is 6.62. The molecule has 1 aromatic heterocycles. The van der Waals surface area contributed by atoms with Crippen LogP contribution < -0.4 is 5.73 Å². The molecule has 2 N–H and O–H groups in total. The monoisotopic (exact) mass is 472 g/mol. The second-order valence-electron chi connectivity index (χ2n) is 8.19. The number of carbonyl (C=O) groups excluding carboxylic acids is 1. The lowest BCUT2D eigenvalue weighted by molar-refractivity contribution is 0.0600. The van der Waals surface area contributed by atoms with Gasteiger partial charge in [-0.25, -0.2) is 4.79 Å². The number of aromatic nitrogens is 3. The lowest BCUT2D eigenvalue weighted by Gasteiger charge is -2.15. The van der Waals surface area contributed by atoms with Gasteiger partial charge >= 0.3 is 5.97 Å². The zero-order valence-corrected chi connectivity index (χ0v) is 20.2. The highest BCUT2D eigenvalue weighted by Crippen LogP contribution is 2.26. The Morgan fingerprint density at radius 1 is 0.941 bits per heavy atom. The Hall–Kier alpha value is -3.42. The second-order valence-corrected chi connectivity index (χ2v) is 9.13. The van der Waals surface area contributed by atoms with Crippen LogP contribution in [-0.2, 0) is 23.5 Å². The van der Waals surface area contributed by atoms with Crippen molar-refractivity contribution in [2.24, 2.45) is 5.73 Å². The molecule has 34 heavy (non-hydrogen) atoms. The number of esters is 1. The highest BCUT2D eigenvalue weighted by molar-refractivity contribution is 7.98. The molecule has 4 rings (SSSR count). The van der Waals surface area contributed by atoms with E-state index in [0.29, 0.717) is 24.3 Å². The highest BCUT2D eigenvalue weighted by Gasteiger charge is 2.19. The number of benzene rings is 3. The van der Waals surface area contributed by atoms with Crippen LogP contribution in [0.4, 0.5) is 0 Å². The standard InChI is InChI=1S/C27H28N4O2S/c1-19-8-10-21(11-9-19)17-31-25(24(28)16-20-6-4-3-5-7-20)29-30-27(31)34-18-22-12-14-23(15-13-22)26(32)33-2/h3-15,24H,16-18,28H2,1-2H3/t24-/m0/s1. The summed E-state index contributed by atoms with van der Waals surface area (Å²) >= 11 is 1.60. The molecule has 0 saturated heterocycles. The first-order valence-corrected chi connectivity index (χ1v) is 12.1. The number of aryl methyl sites for hydroxylation is 1. The van der Waals surface area contributed by atoms with Gasteiger partial charge in [0, 0.05) is 5.75 Å². The number of thioether (sulfide) groups is 1. The Morgan fingerprint density at radius 2 is 1.62 bits per heavy atom. The van der Waals surface area contributed by atoms with E-state index in [0.717, 1.165) is 16.5 Å². The Kier molecular flexibility index (Phi) is 7.77. The molecule has 174 valence electrons. The molecule has 4 aromatic rings. The van der Waals surface area contributed by atoms with Crippen LogP contribution in [0.15, 0.2) is 84.0 Å². The van der Waals surface area contributed by atoms with Gasteiger partial charge in [-0.15, -0.1) is 10.2 Å². The van der Waals surface area contributed by atoms with Crippen molar-refractivity contribution in [3.05, 3.63) is 113 Å². The summed E-state index contributed by atoms with van der Waals surface area (Å²) in [5.41, 5.74) is 11.8. The molecule has 1 heterocycles. The number of nitrogens with zero attached hydrogens (tertiary/aromatic N) is 3. The smallest absolute Gasteiger partial charge is 0.337 e. The summed E-state index contributed by atoms with van der Waals surface area (Å²) in [5.74, 6) is 1.13. The number of nitrogens with two attached hydrogens (primary N) is 1. The summed E-state index contributed by atoms with van der Waals surface area (Å²) in [4.78, 5) is 11.7. The van der Waals surface area contributed by atoms with Crippen LogP contribution in [0.25, 0.3) is 0 Å². The van der Waals surface area contributed by atoms with E-state index in [1.54, 1.807) is 23.9 Å². The molecule has 0 saturated carbocycles. The van der Waals surface area contributed by atoms with Crippen LogP contribution >= 0.6 is 11.8 Å². The molecular weight excluding hydrogens is 444 g/mol. The van der Waals surface area contributed by atoms with E-state index >= 15 is 0 Å². The number of hydrogen-bond donors (Lipinski definition) is 1. The van der Waals surface area contributed by atoms with E-state index in [4.69, 9.17) is 10.5 Å². The third-order valence-electron chi connectivity index (χ3n) is 5.58. The lowest BCUT2D eigenvalue weighted by Crippen LogP contribution is -2.20. The van der Waals surface area contributed by atoms with Crippen molar-refractivity contribution in [3.8, 4) is 0 Å². The molecule has 3 aromatic carbocycles. The van der Waals surface area contributed by atoms with E-state index < -0.39 is 0 Å². The Labute approximate surface area is 204 Å². The molecule has 0 amide bonds. The third kappa shape index (κ3) is 5.92. The predicted octanol–water partition coefficient (Wildman–Crippen LogP) is 4.96. The average Bonchev–Trinajstić information content (AvgIpc) is 3.27. The normalized spacial score (nSPS) is 11.9. The topological polar surface area (TPSA) is 83.0 Å². The molecule has 7 heteroatoms. The molecule has 1 atom stereocenters. The summed E-state index contributed by atoms with van der Waals surface area (Å²) in [6.45, 7) is 2.73. The summed E-state index contributed by atoms with van der Waals surface area (Å²) < 4.78 is 6.89. The van der Waals surface area contributed by atoms with Crippen molar-refractivity contribution in [3.63, 3.8) is 0 Å². The van der Waals surface area contributed by atoms with Crippen LogP contribution in [0.1, 0.15) is 44.5 Å². The van der Waals surface area contributed by atoms with Crippen molar-refractivity contribution in [1.82, 2.24) is 14.8 Å². The van der Waals surface area contributed by atoms with Gasteiger partial charge in [0.05, 0.1) is 25.3 Å². The van der Waals surface area contributed by atoms with Gasteiger partial charge in [0.25, 0.3) is 0 Å². The molecule has 0 aliphatic carbocycles. The summed E-state index contributed by atoms with van der Waals surface area (Å²) in [6, 6.07) is 25.8. The van der Waals surface area contributed by atoms with Gasteiger partial charge in [-0.1, -0.05) is 84.1 Å². The number of ether oxygens (including phenoxy) is 1. The SMILES string of the molecule is COC(=O)c1ccc(CSc2nnc([C@@H](N)Cc3ccccc3)n2Cc2ccc(C)cc2)cc1. The van der Waals surface area contributed by atoms with Gasteiger partial charge in [-0.2, -0.15) is 0 Å². The molecule has 0 radical (unpaired) electrons. The zero-order valence-electron chi connectivity index (χ0n) is 19.3. The van der Waals surface area contributed by atoms with Gasteiger partial charge in [-0.05, 0) is 42.2 Å². The van der Waals surface area contributed by atoms with Gasteiger partial charge in [0.1, 0.15) is 0 Å². The first-order chi connectivity index (χ1) is 16.5. The van der Waals surface area contributed by atoms with E-state index in [9.17, 15) is 4.79 Å². The molecular formula is C27H28N4O2S. The zero-order chi connectivity index (χ0) is 23.9. The summed E-state index contributed by atoms with van der Waals surface area (Å²) in [5, 5.41) is 9.80. The first kappa shape index (κ1) is 23.7. The van der Waals surface area contributed by atoms with Gasteiger partial charge in [0.2, 0.25) is 0 Å². The van der Waals surface area contributed by atoms with Crippen molar-refractivity contribution < 1.29 is 9.53 Å². The summed E-state index contributed by atoms with van der Waals surface area (Å²) in [6.07, 6.45) is 0.687.